The molecule has 0 aromatic heterocycles. The predicted molar refractivity (Wildman–Crippen MR) is 56.7 cm³/mol. The molecule has 0 spiro atoms. The molecule has 1 fully saturated rings. The third-order valence-corrected chi connectivity index (χ3v) is 1.64. The standard InChI is InChI=1S/C6H12.2CH4O.2CH3.Ti/c1-6-4-2-3-5-6;2*1-2;;;/h6H,2-5H2,1H3;2*2H,1H3;2*1H3;/q;;;2*-1;+2. The Morgan fingerprint density at radius 1 is 0.846 bits per heavy atom. The van der Waals surface area contributed by atoms with E-state index in [0.29, 0.717) is 0 Å². The van der Waals surface area contributed by atoms with Crippen LogP contribution in [0.3, 0.4) is 0 Å². The summed E-state index contributed by atoms with van der Waals surface area (Å²) in [4.78, 5) is 0. The molecule has 82 valence electrons. The van der Waals surface area contributed by atoms with E-state index in [0.717, 1.165) is 20.1 Å². The fourth-order valence-corrected chi connectivity index (χ4v) is 1.13. The van der Waals surface area contributed by atoms with Gasteiger partial charge in [0.2, 0.25) is 0 Å². The Labute approximate surface area is 99.6 Å². The van der Waals surface area contributed by atoms with Crippen LogP contribution < -0.4 is 0 Å². The second-order valence-corrected chi connectivity index (χ2v) is 2.39. The van der Waals surface area contributed by atoms with Crippen molar-refractivity contribution in [2.24, 2.45) is 5.92 Å². The Hall–Kier alpha value is 0.634. The molecule has 0 radical (unpaired) electrons. The average Bonchev–Trinajstić information content (AvgIpc) is 2.48. The van der Waals surface area contributed by atoms with E-state index >= 15 is 0 Å². The molecule has 1 saturated carbocycles. The van der Waals surface area contributed by atoms with Gasteiger partial charge in [-0.3, -0.25) is 0 Å². The summed E-state index contributed by atoms with van der Waals surface area (Å²) in [6.45, 7) is 2.34. The molecule has 0 amide bonds. The maximum Gasteiger partial charge on any atom is 2.00 e. The van der Waals surface area contributed by atoms with Gasteiger partial charge < -0.3 is 25.1 Å². The minimum absolute atomic E-state index is 0. The van der Waals surface area contributed by atoms with E-state index in [2.05, 4.69) is 6.92 Å². The van der Waals surface area contributed by atoms with Crippen LogP contribution in [0.4, 0.5) is 0 Å². The van der Waals surface area contributed by atoms with E-state index in [4.69, 9.17) is 10.2 Å². The zero-order chi connectivity index (χ0) is 8.41. The number of aliphatic hydroxyl groups is 2. The van der Waals surface area contributed by atoms with Crippen LogP contribution in [0.2, 0.25) is 0 Å². The maximum absolute atomic E-state index is 7.00. The minimum Gasteiger partial charge on any atom is -0.400 e. The number of rotatable bonds is 0. The summed E-state index contributed by atoms with van der Waals surface area (Å²) in [6, 6.07) is 0. The van der Waals surface area contributed by atoms with Gasteiger partial charge in [-0.1, -0.05) is 32.6 Å². The van der Waals surface area contributed by atoms with Crippen molar-refractivity contribution in [2.45, 2.75) is 32.6 Å². The van der Waals surface area contributed by atoms with Crippen molar-refractivity contribution >= 4 is 0 Å². The Morgan fingerprint density at radius 2 is 1.08 bits per heavy atom. The third kappa shape index (κ3) is 24.5. The topological polar surface area (TPSA) is 40.5 Å². The minimum atomic E-state index is 0. The second-order valence-electron chi connectivity index (χ2n) is 2.39. The summed E-state index contributed by atoms with van der Waals surface area (Å²) in [7, 11) is 2.00. The van der Waals surface area contributed by atoms with Gasteiger partial charge in [-0.05, 0) is 5.92 Å². The van der Waals surface area contributed by atoms with Crippen molar-refractivity contribution in [3.63, 3.8) is 0 Å². The summed E-state index contributed by atoms with van der Waals surface area (Å²) in [6.07, 6.45) is 5.95. The van der Waals surface area contributed by atoms with Gasteiger partial charge in [0.05, 0.1) is 0 Å². The molecule has 1 aliphatic carbocycles. The van der Waals surface area contributed by atoms with Crippen LogP contribution in [0.25, 0.3) is 0 Å². The van der Waals surface area contributed by atoms with Gasteiger partial charge in [0.15, 0.2) is 0 Å². The summed E-state index contributed by atoms with van der Waals surface area (Å²) in [5, 5.41) is 14.0. The van der Waals surface area contributed by atoms with Crippen molar-refractivity contribution in [1.82, 2.24) is 0 Å². The second kappa shape index (κ2) is 29.3. The van der Waals surface area contributed by atoms with Crippen LogP contribution in [0.5, 0.6) is 0 Å². The molecule has 0 bridgehead atoms. The molecule has 1 rings (SSSR count). The first-order valence-corrected chi connectivity index (χ1v) is 3.79. The summed E-state index contributed by atoms with van der Waals surface area (Å²) >= 11 is 0. The molecule has 0 saturated heterocycles. The third-order valence-electron chi connectivity index (χ3n) is 1.64. The first-order chi connectivity index (χ1) is 4.89. The molecule has 13 heavy (non-hydrogen) atoms. The first kappa shape index (κ1) is 29.2. The van der Waals surface area contributed by atoms with Crippen molar-refractivity contribution in [3.8, 4) is 0 Å². The van der Waals surface area contributed by atoms with Crippen LogP contribution in [0.1, 0.15) is 32.6 Å². The summed E-state index contributed by atoms with van der Waals surface area (Å²) in [5.41, 5.74) is 0. The average molecular weight is 226 g/mol. The molecule has 0 aromatic carbocycles. The first-order valence-electron chi connectivity index (χ1n) is 3.79. The maximum atomic E-state index is 7.00. The predicted octanol–water partition coefficient (Wildman–Crippen LogP) is 2.31. The van der Waals surface area contributed by atoms with Crippen LogP contribution in [0.15, 0.2) is 0 Å². The van der Waals surface area contributed by atoms with E-state index in [1.807, 2.05) is 0 Å². The molecular weight excluding hydrogens is 200 g/mol. The molecular formula is C10H26O2Ti. The Bertz CT molecular complexity index is 46.2. The normalized spacial score (nSPS) is 12.7. The van der Waals surface area contributed by atoms with Gasteiger partial charge in [-0.2, -0.15) is 0 Å². The van der Waals surface area contributed by atoms with Crippen LogP contribution in [-0.4, -0.2) is 24.4 Å². The molecule has 0 aliphatic heterocycles. The van der Waals surface area contributed by atoms with E-state index in [1.54, 1.807) is 0 Å². The van der Waals surface area contributed by atoms with Crippen LogP contribution in [-0.2, 0) is 21.7 Å². The van der Waals surface area contributed by atoms with Crippen molar-refractivity contribution < 1.29 is 31.9 Å². The molecule has 0 aromatic rings. The molecule has 0 atom stereocenters. The molecule has 2 nitrogen and oxygen atoms in total. The number of hydrogen-bond acceptors (Lipinski definition) is 2. The van der Waals surface area contributed by atoms with Crippen LogP contribution in [0, 0.1) is 20.8 Å². The van der Waals surface area contributed by atoms with E-state index in [9.17, 15) is 0 Å². The number of aliphatic hydroxyl groups excluding tert-OH is 2. The van der Waals surface area contributed by atoms with Gasteiger partial charge in [0.1, 0.15) is 0 Å². The summed E-state index contributed by atoms with van der Waals surface area (Å²) < 4.78 is 0. The Morgan fingerprint density at radius 3 is 1.15 bits per heavy atom. The zero-order valence-corrected chi connectivity index (χ0v) is 11.4. The monoisotopic (exact) mass is 226 g/mol. The van der Waals surface area contributed by atoms with Gasteiger partial charge in [-0.15, -0.1) is 0 Å². The van der Waals surface area contributed by atoms with Gasteiger partial charge in [0, 0.05) is 14.2 Å². The fourth-order valence-electron chi connectivity index (χ4n) is 1.13. The molecule has 3 heteroatoms. The van der Waals surface area contributed by atoms with E-state index in [-0.39, 0.29) is 36.6 Å². The van der Waals surface area contributed by atoms with Gasteiger partial charge in [0.25, 0.3) is 0 Å². The smallest absolute Gasteiger partial charge is 0.400 e. The van der Waals surface area contributed by atoms with Crippen LogP contribution >= 0.6 is 0 Å². The van der Waals surface area contributed by atoms with Gasteiger partial charge >= 0.3 is 21.7 Å². The zero-order valence-electron chi connectivity index (χ0n) is 9.80. The molecule has 0 unspecified atom stereocenters. The van der Waals surface area contributed by atoms with Gasteiger partial charge in [-0.25, -0.2) is 0 Å². The molecule has 0 heterocycles. The van der Waals surface area contributed by atoms with E-state index in [1.165, 1.54) is 25.7 Å². The molecule has 1 aliphatic rings. The fraction of sp³-hybridized carbons (Fsp3) is 0.800. The van der Waals surface area contributed by atoms with Crippen molar-refractivity contribution in [2.75, 3.05) is 14.2 Å². The van der Waals surface area contributed by atoms with Crippen molar-refractivity contribution in [3.05, 3.63) is 14.9 Å². The van der Waals surface area contributed by atoms with Crippen molar-refractivity contribution in [1.29, 1.82) is 0 Å². The quantitative estimate of drug-likeness (QED) is 0.491. The Balaban J connectivity index is -0.0000000277. The summed E-state index contributed by atoms with van der Waals surface area (Å²) in [5.74, 6) is 1.05. The van der Waals surface area contributed by atoms with E-state index < -0.39 is 0 Å². The SMILES string of the molecule is CC1CCCC1.CO.CO.[CH3-].[CH3-].[Ti+2]. The largest absolute Gasteiger partial charge is 2.00 e. The number of hydrogen-bond donors (Lipinski definition) is 2. The Kier molecular flexibility index (Phi) is 65.9. The molecule has 2 N–H and O–H groups in total.